The molecule has 10 heteroatoms. The SMILES string of the molecule is Cc1ccc([N+](=O)[O-])cc1S(=O)(=O)N1CCC(C(=O)NC(C)CN2CC(C)CC(C)C2)CC1. The summed E-state index contributed by atoms with van der Waals surface area (Å²) in [5.74, 6) is 1.07. The monoisotopic (exact) mass is 480 g/mol. The molecule has 2 aliphatic rings. The van der Waals surface area contributed by atoms with Gasteiger partial charge < -0.3 is 10.2 Å². The van der Waals surface area contributed by atoms with Crippen LogP contribution in [0.25, 0.3) is 0 Å². The fourth-order valence-corrected chi connectivity index (χ4v) is 6.93. The van der Waals surface area contributed by atoms with E-state index in [1.54, 1.807) is 6.92 Å². The van der Waals surface area contributed by atoms with Gasteiger partial charge in [-0.2, -0.15) is 4.31 Å². The molecular formula is C23H36N4O5S. The zero-order valence-electron chi connectivity index (χ0n) is 20.0. The molecule has 2 saturated heterocycles. The van der Waals surface area contributed by atoms with E-state index in [9.17, 15) is 23.3 Å². The number of carbonyl (C=O) groups excluding carboxylic acids is 1. The molecule has 2 fully saturated rings. The van der Waals surface area contributed by atoms with Crippen molar-refractivity contribution in [1.29, 1.82) is 0 Å². The molecule has 1 N–H and O–H groups in total. The van der Waals surface area contributed by atoms with E-state index in [1.807, 2.05) is 6.92 Å². The van der Waals surface area contributed by atoms with Gasteiger partial charge in [0, 0.05) is 56.8 Å². The summed E-state index contributed by atoms with van der Waals surface area (Å²) in [5.41, 5.74) is 0.218. The Balaban J connectivity index is 1.55. The normalized spacial score (nSPS) is 24.4. The third-order valence-corrected chi connectivity index (χ3v) is 8.73. The molecule has 0 spiro atoms. The van der Waals surface area contributed by atoms with Crippen molar-refractivity contribution in [2.45, 2.75) is 57.9 Å². The minimum absolute atomic E-state index is 0.0239. The van der Waals surface area contributed by atoms with E-state index in [1.165, 1.54) is 22.9 Å². The van der Waals surface area contributed by atoms with Crippen LogP contribution in [0.2, 0.25) is 0 Å². The lowest BCUT2D eigenvalue weighted by molar-refractivity contribution is -0.385. The van der Waals surface area contributed by atoms with E-state index in [0.29, 0.717) is 30.2 Å². The third kappa shape index (κ3) is 6.30. The molecule has 1 aromatic rings. The number of aryl methyl sites for hydroxylation is 1. The molecule has 1 amide bonds. The Hall–Kier alpha value is -2.04. The highest BCUT2D eigenvalue weighted by Gasteiger charge is 2.34. The van der Waals surface area contributed by atoms with Gasteiger partial charge in [-0.1, -0.05) is 19.9 Å². The van der Waals surface area contributed by atoms with E-state index >= 15 is 0 Å². The summed E-state index contributed by atoms with van der Waals surface area (Å²) in [4.78, 5) is 25.7. The number of sulfonamides is 1. The molecule has 0 aromatic heterocycles. The summed E-state index contributed by atoms with van der Waals surface area (Å²) in [6.07, 6.45) is 2.11. The topological polar surface area (TPSA) is 113 Å². The molecule has 1 aromatic carbocycles. The summed E-state index contributed by atoms with van der Waals surface area (Å²) in [6.45, 7) is 11.5. The van der Waals surface area contributed by atoms with Crippen molar-refractivity contribution >= 4 is 21.6 Å². The zero-order valence-corrected chi connectivity index (χ0v) is 20.8. The van der Waals surface area contributed by atoms with Crippen molar-refractivity contribution in [3.63, 3.8) is 0 Å². The van der Waals surface area contributed by atoms with Crippen molar-refractivity contribution < 1.29 is 18.1 Å². The Labute approximate surface area is 196 Å². The fourth-order valence-electron chi connectivity index (χ4n) is 5.21. The first-order valence-electron chi connectivity index (χ1n) is 11.7. The largest absolute Gasteiger partial charge is 0.352 e. The average Bonchev–Trinajstić information content (AvgIpc) is 2.73. The summed E-state index contributed by atoms with van der Waals surface area (Å²) < 4.78 is 27.6. The number of rotatable bonds is 7. The molecule has 9 nitrogen and oxygen atoms in total. The maximum Gasteiger partial charge on any atom is 0.270 e. The molecule has 2 aliphatic heterocycles. The van der Waals surface area contributed by atoms with E-state index in [-0.39, 0.29) is 41.5 Å². The Bertz CT molecular complexity index is 965. The van der Waals surface area contributed by atoms with Crippen molar-refractivity contribution in [1.82, 2.24) is 14.5 Å². The number of hydrogen-bond acceptors (Lipinski definition) is 6. The van der Waals surface area contributed by atoms with Gasteiger partial charge in [0.1, 0.15) is 0 Å². The quantitative estimate of drug-likeness (QED) is 0.474. The van der Waals surface area contributed by atoms with Crippen molar-refractivity contribution in [3.05, 3.63) is 33.9 Å². The van der Waals surface area contributed by atoms with Crippen LogP contribution < -0.4 is 5.32 Å². The van der Waals surface area contributed by atoms with Crippen LogP contribution in [0.4, 0.5) is 5.69 Å². The molecule has 0 aliphatic carbocycles. The molecule has 33 heavy (non-hydrogen) atoms. The summed E-state index contributed by atoms with van der Waals surface area (Å²) in [7, 11) is -3.86. The first-order chi connectivity index (χ1) is 15.5. The lowest BCUT2D eigenvalue weighted by Crippen LogP contribution is -2.49. The standard InChI is InChI=1S/C23H36N4O5S/c1-16-11-17(2)14-25(13-16)15-19(4)24-23(28)20-7-9-26(10-8-20)33(31,32)22-12-21(27(29)30)6-5-18(22)3/h5-6,12,16-17,19-20H,7-11,13-15H2,1-4H3,(H,24,28). The second kappa shape index (κ2) is 10.5. The molecule has 0 radical (unpaired) electrons. The van der Waals surface area contributed by atoms with Gasteiger partial charge >= 0.3 is 0 Å². The molecule has 3 atom stereocenters. The van der Waals surface area contributed by atoms with Crippen LogP contribution in [-0.2, 0) is 14.8 Å². The van der Waals surface area contributed by atoms with E-state index in [4.69, 9.17) is 0 Å². The van der Waals surface area contributed by atoms with Crippen LogP contribution >= 0.6 is 0 Å². The van der Waals surface area contributed by atoms with Crippen LogP contribution in [0.3, 0.4) is 0 Å². The molecule has 0 bridgehead atoms. The number of piperidine rings is 2. The van der Waals surface area contributed by atoms with Crippen LogP contribution in [0.15, 0.2) is 23.1 Å². The molecule has 0 saturated carbocycles. The highest BCUT2D eigenvalue weighted by atomic mass is 32.2. The number of carbonyl (C=O) groups is 1. The number of benzene rings is 1. The predicted molar refractivity (Wildman–Crippen MR) is 126 cm³/mol. The fraction of sp³-hybridized carbons (Fsp3) is 0.696. The van der Waals surface area contributed by atoms with Crippen molar-refractivity contribution in [3.8, 4) is 0 Å². The number of nitrogens with one attached hydrogen (secondary N) is 1. The zero-order chi connectivity index (χ0) is 24.3. The van der Waals surface area contributed by atoms with Gasteiger partial charge in [-0.05, 0) is 50.5 Å². The van der Waals surface area contributed by atoms with Gasteiger partial charge in [0.05, 0.1) is 9.82 Å². The van der Waals surface area contributed by atoms with Crippen LogP contribution in [0.5, 0.6) is 0 Å². The van der Waals surface area contributed by atoms with Gasteiger partial charge in [-0.15, -0.1) is 0 Å². The Morgan fingerprint density at radius 3 is 2.39 bits per heavy atom. The Morgan fingerprint density at radius 2 is 1.82 bits per heavy atom. The van der Waals surface area contributed by atoms with E-state index in [2.05, 4.69) is 24.1 Å². The first kappa shape index (κ1) is 25.6. The Kier molecular flexibility index (Phi) is 8.13. The highest BCUT2D eigenvalue weighted by Crippen LogP contribution is 2.28. The summed E-state index contributed by atoms with van der Waals surface area (Å²) in [6, 6.07) is 3.91. The lowest BCUT2D eigenvalue weighted by atomic mass is 9.91. The number of nitro benzene ring substituents is 1. The smallest absolute Gasteiger partial charge is 0.270 e. The van der Waals surface area contributed by atoms with Gasteiger partial charge in [-0.25, -0.2) is 8.42 Å². The number of non-ortho nitro benzene ring substituents is 1. The number of amides is 1. The van der Waals surface area contributed by atoms with Crippen LogP contribution in [-0.4, -0.2) is 67.2 Å². The lowest BCUT2D eigenvalue weighted by Gasteiger charge is -2.37. The average molecular weight is 481 g/mol. The molecule has 3 unspecified atom stereocenters. The number of hydrogen-bond donors (Lipinski definition) is 1. The molecule has 2 heterocycles. The van der Waals surface area contributed by atoms with Gasteiger partial charge in [0.15, 0.2) is 0 Å². The van der Waals surface area contributed by atoms with Gasteiger partial charge in [-0.3, -0.25) is 14.9 Å². The van der Waals surface area contributed by atoms with Crippen LogP contribution in [0, 0.1) is 34.8 Å². The maximum atomic E-state index is 13.1. The second-order valence-corrected chi connectivity index (χ2v) is 11.9. The number of nitrogens with zero attached hydrogens (tertiary/aromatic N) is 3. The second-order valence-electron chi connectivity index (χ2n) is 9.96. The molecule has 3 rings (SSSR count). The summed E-state index contributed by atoms with van der Waals surface area (Å²) >= 11 is 0. The first-order valence-corrected chi connectivity index (χ1v) is 13.2. The van der Waals surface area contributed by atoms with E-state index < -0.39 is 14.9 Å². The third-order valence-electron chi connectivity index (χ3n) is 6.69. The number of likely N-dealkylation sites (tertiary alicyclic amines) is 1. The van der Waals surface area contributed by atoms with E-state index in [0.717, 1.165) is 25.7 Å². The maximum absolute atomic E-state index is 13.1. The van der Waals surface area contributed by atoms with Gasteiger partial charge in [0.25, 0.3) is 5.69 Å². The van der Waals surface area contributed by atoms with Crippen molar-refractivity contribution in [2.75, 3.05) is 32.7 Å². The predicted octanol–water partition coefficient (Wildman–Crippen LogP) is 2.79. The Morgan fingerprint density at radius 1 is 1.21 bits per heavy atom. The minimum Gasteiger partial charge on any atom is -0.352 e. The van der Waals surface area contributed by atoms with Crippen LogP contribution in [0.1, 0.15) is 45.6 Å². The molecular weight excluding hydrogens is 444 g/mol. The van der Waals surface area contributed by atoms with Gasteiger partial charge in [0.2, 0.25) is 15.9 Å². The summed E-state index contributed by atoms with van der Waals surface area (Å²) in [5, 5.41) is 14.2. The minimum atomic E-state index is -3.86. The molecule has 184 valence electrons. The van der Waals surface area contributed by atoms with Crippen molar-refractivity contribution in [2.24, 2.45) is 17.8 Å². The number of nitro groups is 1. The highest BCUT2D eigenvalue weighted by molar-refractivity contribution is 7.89.